The van der Waals surface area contributed by atoms with Gasteiger partial charge in [-0.1, -0.05) is 51.9 Å². The SMILES string of the molecule is CNC(C1CCCCCC1)C1(C)CCCCC1. The smallest absolute Gasteiger partial charge is 0.0146 e. The van der Waals surface area contributed by atoms with E-state index in [4.69, 9.17) is 0 Å². The average molecular weight is 237 g/mol. The van der Waals surface area contributed by atoms with Crippen molar-refractivity contribution in [1.29, 1.82) is 0 Å². The monoisotopic (exact) mass is 237 g/mol. The fourth-order valence-electron chi connectivity index (χ4n) is 4.47. The second-order valence-corrected chi connectivity index (χ2v) is 6.73. The van der Waals surface area contributed by atoms with Crippen LogP contribution in [0.2, 0.25) is 0 Å². The fourth-order valence-corrected chi connectivity index (χ4v) is 4.47. The molecule has 1 heteroatoms. The highest BCUT2D eigenvalue weighted by Crippen LogP contribution is 2.43. The predicted octanol–water partition coefficient (Wildman–Crippen LogP) is 4.52. The molecule has 0 saturated heterocycles. The van der Waals surface area contributed by atoms with Gasteiger partial charge in [0.15, 0.2) is 0 Å². The normalized spacial score (nSPS) is 28.6. The molecule has 2 aliphatic rings. The highest BCUT2D eigenvalue weighted by molar-refractivity contribution is 4.93. The van der Waals surface area contributed by atoms with Crippen molar-refractivity contribution in [2.75, 3.05) is 7.05 Å². The molecule has 0 aliphatic heterocycles. The van der Waals surface area contributed by atoms with E-state index in [-0.39, 0.29) is 0 Å². The third-order valence-corrected chi connectivity index (χ3v) is 5.43. The Morgan fingerprint density at radius 3 is 1.94 bits per heavy atom. The summed E-state index contributed by atoms with van der Waals surface area (Å²) >= 11 is 0. The summed E-state index contributed by atoms with van der Waals surface area (Å²) < 4.78 is 0. The van der Waals surface area contributed by atoms with Gasteiger partial charge in [0.2, 0.25) is 0 Å². The lowest BCUT2D eigenvalue weighted by Gasteiger charge is -2.44. The molecule has 100 valence electrons. The first kappa shape index (κ1) is 13.4. The Morgan fingerprint density at radius 2 is 1.41 bits per heavy atom. The van der Waals surface area contributed by atoms with Crippen LogP contribution >= 0.6 is 0 Å². The highest BCUT2D eigenvalue weighted by Gasteiger charge is 2.38. The van der Waals surface area contributed by atoms with Crippen molar-refractivity contribution in [2.24, 2.45) is 11.3 Å². The Balaban J connectivity index is 2.02. The highest BCUT2D eigenvalue weighted by atomic mass is 14.9. The van der Waals surface area contributed by atoms with E-state index < -0.39 is 0 Å². The molecular weight excluding hydrogens is 206 g/mol. The van der Waals surface area contributed by atoms with Gasteiger partial charge in [0.1, 0.15) is 0 Å². The summed E-state index contributed by atoms with van der Waals surface area (Å²) in [7, 11) is 2.20. The number of hydrogen-bond donors (Lipinski definition) is 1. The molecule has 0 aromatic rings. The van der Waals surface area contributed by atoms with Gasteiger partial charge in [0.25, 0.3) is 0 Å². The first-order valence-corrected chi connectivity index (χ1v) is 7.93. The molecule has 2 fully saturated rings. The minimum atomic E-state index is 0.585. The van der Waals surface area contributed by atoms with Crippen molar-refractivity contribution in [3.8, 4) is 0 Å². The molecule has 17 heavy (non-hydrogen) atoms. The maximum Gasteiger partial charge on any atom is 0.0146 e. The van der Waals surface area contributed by atoms with Crippen LogP contribution in [0, 0.1) is 11.3 Å². The first-order chi connectivity index (χ1) is 8.26. The minimum absolute atomic E-state index is 0.585. The molecule has 0 amide bonds. The topological polar surface area (TPSA) is 12.0 Å². The van der Waals surface area contributed by atoms with Crippen molar-refractivity contribution >= 4 is 0 Å². The van der Waals surface area contributed by atoms with Crippen molar-refractivity contribution in [1.82, 2.24) is 5.32 Å². The molecule has 0 aromatic carbocycles. The molecular formula is C16H31N. The summed E-state index contributed by atoms with van der Waals surface area (Å²) in [6.07, 6.45) is 16.1. The number of rotatable bonds is 3. The predicted molar refractivity (Wildman–Crippen MR) is 75.2 cm³/mol. The van der Waals surface area contributed by atoms with E-state index in [0.717, 1.165) is 12.0 Å². The van der Waals surface area contributed by atoms with Gasteiger partial charge < -0.3 is 5.32 Å². The standard InChI is InChI=1S/C16H31N/c1-16(12-8-5-9-13-16)15(17-2)14-10-6-3-4-7-11-14/h14-15,17H,3-13H2,1-2H3. The number of hydrogen-bond acceptors (Lipinski definition) is 1. The second-order valence-electron chi connectivity index (χ2n) is 6.73. The fraction of sp³-hybridized carbons (Fsp3) is 1.00. The molecule has 2 saturated carbocycles. The lowest BCUT2D eigenvalue weighted by atomic mass is 9.65. The summed E-state index contributed by atoms with van der Waals surface area (Å²) in [4.78, 5) is 0. The summed E-state index contributed by atoms with van der Waals surface area (Å²) in [5.41, 5.74) is 0.585. The molecule has 0 aromatic heterocycles. The van der Waals surface area contributed by atoms with Gasteiger partial charge >= 0.3 is 0 Å². The largest absolute Gasteiger partial charge is 0.316 e. The second kappa shape index (κ2) is 6.22. The van der Waals surface area contributed by atoms with E-state index in [1.165, 1.54) is 70.6 Å². The molecule has 0 spiro atoms. The van der Waals surface area contributed by atoms with Crippen LogP contribution in [0.4, 0.5) is 0 Å². The molecule has 0 radical (unpaired) electrons. The first-order valence-electron chi connectivity index (χ1n) is 7.93. The molecule has 0 bridgehead atoms. The Bertz CT molecular complexity index is 210. The van der Waals surface area contributed by atoms with Crippen molar-refractivity contribution < 1.29 is 0 Å². The summed E-state index contributed by atoms with van der Waals surface area (Å²) in [6.45, 7) is 2.55. The Labute approximate surface area is 108 Å². The molecule has 1 unspecified atom stereocenters. The third kappa shape index (κ3) is 3.24. The van der Waals surface area contributed by atoms with Gasteiger partial charge in [0, 0.05) is 6.04 Å². The van der Waals surface area contributed by atoms with Gasteiger partial charge in [0.05, 0.1) is 0 Å². The zero-order valence-corrected chi connectivity index (χ0v) is 11.9. The summed E-state index contributed by atoms with van der Waals surface area (Å²) in [5, 5.41) is 3.71. The van der Waals surface area contributed by atoms with Crippen molar-refractivity contribution in [3.05, 3.63) is 0 Å². The van der Waals surface area contributed by atoms with E-state index in [2.05, 4.69) is 19.3 Å². The van der Waals surface area contributed by atoms with Crippen LogP contribution in [-0.4, -0.2) is 13.1 Å². The molecule has 0 heterocycles. The van der Waals surface area contributed by atoms with Crippen molar-refractivity contribution in [3.63, 3.8) is 0 Å². The summed E-state index contributed by atoms with van der Waals surface area (Å²) in [6, 6.07) is 0.779. The lowest BCUT2D eigenvalue weighted by molar-refractivity contribution is 0.101. The van der Waals surface area contributed by atoms with Gasteiger partial charge in [-0.2, -0.15) is 0 Å². The zero-order valence-electron chi connectivity index (χ0n) is 11.9. The van der Waals surface area contributed by atoms with E-state index in [0.29, 0.717) is 5.41 Å². The average Bonchev–Trinajstić information content (AvgIpc) is 2.60. The zero-order chi connectivity index (χ0) is 12.1. The van der Waals surface area contributed by atoms with E-state index >= 15 is 0 Å². The van der Waals surface area contributed by atoms with E-state index in [1.807, 2.05) is 0 Å². The Hall–Kier alpha value is -0.0400. The minimum Gasteiger partial charge on any atom is -0.316 e. The quantitative estimate of drug-likeness (QED) is 0.712. The molecule has 1 nitrogen and oxygen atoms in total. The maximum absolute atomic E-state index is 3.71. The molecule has 2 rings (SSSR count). The van der Waals surface area contributed by atoms with Gasteiger partial charge in [-0.15, -0.1) is 0 Å². The van der Waals surface area contributed by atoms with Crippen LogP contribution in [-0.2, 0) is 0 Å². The third-order valence-electron chi connectivity index (χ3n) is 5.43. The van der Waals surface area contributed by atoms with Crippen LogP contribution in [0.25, 0.3) is 0 Å². The van der Waals surface area contributed by atoms with E-state index in [1.54, 1.807) is 0 Å². The van der Waals surface area contributed by atoms with Crippen LogP contribution in [0.1, 0.15) is 77.6 Å². The maximum atomic E-state index is 3.71. The van der Waals surface area contributed by atoms with Gasteiger partial charge in [-0.3, -0.25) is 0 Å². The molecule has 1 atom stereocenters. The van der Waals surface area contributed by atoms with Gasteiger partial charge in [-0.25, -0.2) is 0 Å². The Kier molecular flexibility index (Phi) is 4.90. The Morgan fingerprint density at radius 1 is 0.882 bits per heavy atom. The van der Waals surface area contributed by atoms with Gasteiger partial charge in [-0.05, 0) is 44.1 Å². The van der Waals surface area contributed by atoms with Crippen LogP contribution in [0.3, 0.4) is 0 Å². The van der Waals surface area contributed by atoms with Crippen molar-refractivity contribution in [2.45, 2.75) is 83.6 Å². The molecule has 2 aliphatic carbocycles. The van der Waals surface area contributed by atoms with Crippen LogP contribution in [0.15, 0.2) is 0 Å². The van der Waals surface area contributed by atoms with E-state index in [9.17, 15) is 0 Å². The lowest BCUT2D eigenvalue weighted by Crippen LogP contribution is -2.48. The van der Waals surface area contributed by atoms with Crippen LogP contribution < -0.4 is 5.32 Å². The van der Waals surface area contributed by atoms with Crippen LogP contribution in [0.5, 0.6) is 0 Å². The molecule has 1 N–H and O–H groups in total. The number of nitrogens with one attached hydrogen (secondary N) is 1. The summed E-state index contributed by atoms with van der Waals surface area (Å²) in [5.74, 6) is 0.950.